The van der Waals surface area contributed by atoms with Crippen LogP contribution in [0.4, 0.5) is 4.79 Å². The van der Waals surface area contributed by atoms with Crippen molar-refractivity contribution in [2.45, 2.75) is 96.5 Å². The van der Waals surface area contributed by atoms with Crippen LogP contribution in [0.25, 0.3) is 10.9 Å². The van der Waals surface area contributed by atoms with Crippen molar-refractivity contribution in [1.29, 1.82) is 0 Å². The number of carbonyl (C=O) groups is 1. The van der Waals surface area contributed by atoms with Crippen LogP contribution in [0.15, 0.2) is 18.2 Å². The van der Waals surface area contributed by atoms with Gasteiger partial charge in [0.15, 0.2) is 8.32 Å². The van der Waals surface area contributed by atoms with Crippen LogP contribution in [0.1, 0.15) is 78.6 Å². The van der Waals surface area contributed by atoms with Crippen LogP contribution >= 0.6 is 0 Å². The minimum Gasteiger partial charge on any atom is -0.497 e. The molecule has 2 aliphatic heterocycles. The van der Waals surface area contributed by atoms with Crippen LogP contribution in [0, 0.1) is 0 Å². The van der Waals surface area contributed by atoms with Gasteiger partial charge in [0, 0.05) is 47.7 Å². The molecule has 0 unspecified atom stereocenters. The van der Waals surface area contributed by atoms with Gasteiger partial charge in [0.05, 0.1) is 19.8 Å². The number of carbonyl (C=O) groups excluding carboxylic acids is 1. The highest BCUT2D eigenvalue weighted by Gasteiger charge is 2.48. The molecule has 4 rings (SSSR count). The Bertz CT molecular complexity index is 1150. The van der Waals surface area contributed by atoms with E-state index in [2.05, 4.69) is 68.9 Å². The zero-order valence-electron chi connectivity index (χ0n) is 25.3. The molecule has 1 fully saturated rings. The summed E-state index contributed by atoms with van der Waals surface area (Å²) in [6.07, 6.45) is 1.61. The Balaban J connectivity index is 1.72. The number of ether oxygens (including phenoxy) is 2. The summed E-state index contributed by atoms with van der Waals surface area (Å²) in [4.78, 5) is 21.2. The van der Waals surface area contributed by atoms with E-state index >= 15 is 0 Å². The lowest BCUT2D eigenvalue weighted by molar-refractivity contribution is 0.00883. The largest absolute Gasteiger partial charge is 0.497 e. The number of rotatable bonds is 5. The number of H-pyrrole nitrogens is 1. The highest BCUT2D eigenvalue weighted by Crippen LogP contribution is 2.50. The van der Waals surface area contributed by atoms with Gasteiger partial charge in [-0.3, -0.25) is 4.90 Å². The average molecular weight is 544 g/mol. The van der Waals surface area contributed by atoms with Crippen molar-refractivity contribution < 1.29 is 18.7 Å². The molecule has 2 aromatic rings. The molecule has 38 heavy (non-hydrogen) atoms. The molecule has 1 amide bonds. The number of hydrogen-bond donors (Lipinski definition) is 1. The number of hydrogen-bond acceptors (Lipinski definition) is 5. The fraction of sp³-hybridized carbons (Fsp3) is 0.700. The Morgan fingerprint density at radius 3 is 2.34 bits per heavy atom. The second kappa shape index (κ2) is 10.2. The number of benzene rings is 1. The normalized spacial score (nSPS) is 20.6. The number of likely N-dealkylation sites (N-methyl/N-ethyl adjacent to an activating group) is 1. The summed E-state index contributed by atoms with van der Waals surface area (Å²) >= 11 is 0. The maximum Gasteiger partial charge on any atom is 0.410 e. The highest BCUT2D eigenvalue weighted by molar-refractivity contribution is 6.74. The third kappa shape index (κ3) is 5.49. The summed E-state index contributed by atoms with van der Waals surface area (Å²) in [6, 6.07) is 6.54. The molecule has 8 heteroatoms. The fourth-order valence-electron chi connectivity index (χ4n) is 5.78. The van der Waals surface area contributed by atoms with E-state index in [0.717, 1.165) is 37.2 Å². The zero-order valence-corrected chi connectivity index (χ0v) is 26.3. The predicted octanol–water partition coefficient (Wildman–Crippen LogP) is 6.84. The van der Waals surface area contributed by atoms with Gasteiger partial charge in [-0.25, -0.2) is 4.79 Å². The SMILES string of the molecule is CCN1CC2(CCN(C(=O)OC(C)(C)C)CC2)c2c([nH]c3cc(OC)ccc23)[C@@H]1CO[Si](C)(C)C(C)(C)C. The van der Waals surface area contributed by atoms with Crippen LogP contribution in [0.3, 0.4) is 0 Å². The maximum atomic E-state index is 12.9. The van der Waals surface area contributed by atoms with Crippen molar-refractivity contribution in [2.75, 3.05) is 39.9 Å². The predicted molar refractivity (Wildman–Crippen MR) is 157 cm³/mol. The van der Waals surface area contributed by atoms with E-state index in [0.29, 0.717) is 19.7 Å². The number of fused-ring (bicyclic) bond motifs is 4. The van der Waals surface area contributed by atoms with Gasteiger partial charge in [-0.1, -0.05) is 27.7 Å². The van der Waals surface area contributed by atoms with Gasteiger partial charge in [0.2, 0.25) is 0 Å². The second-order valence-corrected chi connectivity index (χ2v) is 18.5. The molecule has 212 valence electrons. The first-order valence-corrected chi connectivity index (χ1v) is 17.1. The maximum absolute atomic E-state index is 12.9. The van der Waals surface area contributed by atoms with Crippen LogP contribution in [0.5, 0.6) is 5.75 Å². The molecule has 3 heterocycles. The molecule has 1 saturated heterocycles. The molecular weight excluding hydrogens is 494 g/mol. The lowest BCUT2D eigenvalue weighted by Gasteiger charge is -2.51. The lowest BCUT2D eigenvalue weighted by Crippen LogP contribution is -2.55. The first kappa shape index (κ1) is 29.0. The van der Waals surface area contributed by atoms with E-state index in [1.807, 2.05) is 25.7 Å². The zero-order chi connectivity index (χ0) is 28.1. The number of piperidine rings is 1. The first-order valence-electron chi connectivity index (χ1n) is 14.2. The van der Waals surface area contributed by atoms with E-state index in [1.165, 1.54) is 16.6 Å². The van der Waals surface area contributed by atoms with E-state index < -0.39 is 13.9 Å². The summed E-state index contributed by atoms with van der Waals surface area (Å²) in [5, 5.41) is 1.42. The monoisotopic (exact) mass is 543 g/mol. The standard InChI is InChI=1S/C30H49N3O4Si/c1-11-32-20-30(14-16-33(17-15-30)27(34)37-28(2,3)4)25-22-13-12-21(35-8)18-23(22)31-26(25)24(32)19-36-38(9,10)29(5,6)7/h12-13,18,24,31H,11,14-17,19-20H2,1-10H3/t24-/m0/s1. The first-order chi connectivity index (χ1) is 17.6. The van der Waals surface area contributed by atoms with Crippen molar-refractivity contribution in [2.24, 2.45) is 0 Å². The smallest absolute Gasteiger partial charge is 0.410 e. The molecule has 0 aliphatic carbocycles. The van der Waals surface area contributed by atoms with E-state index in [9.17, 15) is 4.79 Å². The van der Waals surface area contributed by atoms with Crippen molar-refractivity contribution in [3.05, 3.63) is 29.5 Å². The van der Waals surface area contributed by atoms with E-state index in [1.54, 1.807) is 7.11 Å². The Morgan fingerprint density at radius 2 is 1.79 bits per heavy atom. The van der Waals surface area contributed by atoms with Crippen molar-refractivity contribution in [3.63, 3.8) is 0 Å². The Morgan fingerprint density at radius 1 is 1.13 bits per heavy atom. The molecule has 0 saturated carbocycles. The molecule has 0 radical (unpaired) electrons. The number of nitrogens with one attached hydrogen (secondary N) is 1. The van der Waals surface area contributed by atoms with E-state index in [4.69, 9.17) is 13.9 Å². The molecule has 2 aliphatic rings. The summed E-state index contributed by atoms with van der Waals surface area (Å²) in [7, 11) is -0.200. The van der Waals surface area contributed by atoms with Crippen LogP contribution in [0.2, 0.25) is 18.1 Å². The Labute approximate surface area is 230 Å². The molecule has 1 atom stereocenters. The number of likely N-dealkylation sites (tertiary alicyclic amines) is 1. The minimum atomic E-state index is -1.91. The molecular formula is C30H49N3O4Si. The van der Waals surface area contributed by atoms with Crippen molar-refractivity contribution >= 4 is 25.3 Å². The van der Waals surface area contributed by atoms with Gasteiger partial charge in [0.1, 0.15) is 11.4 Å². The summed E-state index contributed by atoms with van der Waals surface area (Å²) in [5.74, 6) is 0.853. The minimum absolute atomic E-state index is 0.0375. The lowest BCUT2D eigenvalue weighted by atomic mass is 9.68. The Hall–Kier alpha value is -2.03. The van der Waals surface area contributed by atoms with Gasteiger partial charge in [-0.15, -0.1) is 0 Å². The van der Waals surface area contributed by atoms with Crippen molar-refractivity contribution in [1.82, 2.24) is 14.8 Å². The number of methoxy groups -OCH3 is 1. The molecule has 1 spiro atoms. The van der Waals surface area contributed by atoms with Gasteiger partial charge < -0.3 is 23.8 Å². The fourth-order valence-corrected chi connectivity index (χ4v) is 6.79. The molecule has 1 N–H and O–H groups in total. The van der Waals surface area contributed by atoms with Gasteiger partial charge >= 0.3 is 6.09 Å². The summed E-state index contributed by atoms with van der Waals surface area (Å²) in [6.45, 7) is 23.6. The van der Waals surface area contributed by atoms with Gasteiger partial charge in [-0.05, 0) is 76.0 Å². The number of aromatic nitrogens is 1. The topological polar surface area (TPSA) is 67.0 Å². The summed E-state index contributed by atoms with van der Waals surface area (Å²) in [5.41, 5.74) is 3.26. The molecule has 1 aromatic carbocycles. The molecule has 7 nitrogen and oxygen atoms in total. The highest BCUT2D eigenvalue weighted by atomic mass is 28.4. The van der Waals surface area contributed by atoms with Crippen LogP contribution < -0.4 is 4.74 Å². The number of amides is 1. The average Bonchev–Trinajstić information content (AvgIpc) is 3.21. The quantitative estimate of drug-likeness (QED) is 0.418. The van der Waals surface area contributed by atoms with E-state index in [-0.39, 0.29) is 22.6 Å². The second-order valence-electron chi connectivity index (χ2n) is 13.7. The van der Waals surface area contributed by atoms with Crippen LogP contribution in [-0.4, -0.2) is 74.7 Å². The van der Waals surface area contributed by atoms with Crippen molar-refractivity contribution in [3.8, 4) is 5.75 Å². The third-order valence-corrected chi connectivity index (χ3v) is 13.5. The number of aromatic amines is 1. The molecule has 0 bridgehead atoms. The van der Waals surface area contributed by atoms with Crippen LogP contribution in [-0.2, 0) is 14.6 Å². The third-order valence-electron chi connectivity index (χ3n) is 9.03. The number of nitrogens with zero attached hydrogens (tertiary/aromatic N) is 2. The molecule has 1 aromatic heterocycles. The summed E-state index contributed by atoms with van der Waals surface area (Å²) < 4.78 is 18.1. The van der Waals surface area contributed by atoms with Gasteiger partial charge in [0.25, 0.3) is 0 Å². The Kier molecular flexibility index (Phi) is 7.76. The van der Waals surface area contributed by atoms with Gasteiger partial charge in [-0.2, -0.15) is 0 Å².